The number of hydrogen-bond donors (Lipinski definition) is 0. The zero-order valence-electron chi connectivity index (χ0n) is 21.7. The maximum Gasteiger partial charge on any atom is 0.162 e. The van der Waals surface area contributed by atoms with Crippen molar-refractivity contribution in [2.24, 2.45) is 10.9 Å². The molecule has 0 heterocycles. The summed E-state index contributed by atoms with van der Waals surface area (Å²) in [6.07, 6.45) is 2.09. The Kier molecular flexibility index (Phi) is 8.84. The van der Waals surface area contributed by atoms with Crippen LogP contribution in [0.3, 0.4) is 0 Å². The van der Waals surface area contributed by atoms with Gasteiger partial charge in [0.1, 0.15) is 5.82 Å². The van der Waals surface area contributed by atoms with Crippen molar-refractivity contribution in [2.75, 3.05) is 0 Å². The minimum Gasteiger partial charge on any atom is -0.263 e. The molecule has 3 rings (SSSR count). The van der Waals surface area contributed by atoms with Gasteiger partial charge < -0.3 is 0 Å². The molecule has 2 unspecified atom stereocenters. The molecule has 1 aliphatic rings. The molecule has 0 amide bonds. The number of aryl methyl sites for hydroxylation is 1. The lowest BCUT2D eigenvalue weighted by molar-refractivity contribution is 0.491. The van der Waals surface area contributed by atoms with Crippen LogP contribution >= 0.6 is 11.6 Å². The number of benzene rings is 2. The minimum absolute atomic E-state index is 0.0254. The van der Waals surface area contributed by atoms with Crippen LogP contribution in [0.15, 0.2) is 71.3 Å². The second-order valence-electron chi connectivity index (χ2n) is 9.47. The van der Waals surface area contributed by atoms with E-state index in [1.165, 1.54) is 19.1 Å². The summed E-state index contributed by atoms with van der Waals surface area (Å²) in [5.41, 5.74) is 6.61. The maximum atomic E-state index is 15.3. The molecular weight excluding hydrogens is 498 g/mol. The fourth-order valence-corrected chi connectivity index (χ4v) is 4.69. The molecule has 1 aliphatic carbocycles. The number of hydrogen-bond acceptors (Lipinski definition) is 1. The normalized spacial score (nSPS) is 15.6. The molecule has 0 saturated carbocycles. The van der Waals surface area contributed by atoms with Crippen LogP contribution in [0.1, 0.15) is 68.7 Å². The first-order chi connectivity index (χ1) is 17.4. The summed E-state index contributed by atoms with van der Waals surface area (Å²) in [5.74, 6) is -3.57. The Bertz CT molecular complexity index is 1410. The summed E-state index contributed by atoms with van der Waals surface area (Å²) < 4.78 is 58.7. The maximum absolute atomic E-state index is 15.3. The number of rotatable bonds is 8. The Labute approximate surface area is 221 Å². The van der Waals surface area contributed by atoms with Gasteiger partial charge in [-0.1, -0.05) is 56.8 Å². The van der Waals surface area contributed by atoms with E-state index in [1.54, 1.807) is 32.9 Å². The molecular formula is C31H30ClF4N. The first kappa shape index (κ1) is 28.4. The summed E-state index contributed by atoms with van der Waals surface area (Å²) in [6.45, 7) is 16.2. The van der Waals surface area contributed by atoms with E-state index in [-0.39, 0.29) is 27.6 Å². The van der Waals surface area contributed by atoms with Gasteiger partial charge in [0, 0.05) is 22.8 Å². The molecule has 0 fully saturated rings. The van der Waals surface area contributed by atoms with Crippen LogP contribution in [0.4, 0.5) is 17.6 Å². The van der Waals surface area contributed by atoms with Crippen molar-refractivity contribution < 1.29 is 17.6 Å². The molecule has 0 bridgehead atoms. The Morgan fingerprint density at radius 1 is 1.08 bits per heavy atom. The quantitative estimate of drug-likeness (QED) is 0.140. The van der Waals surface area contributed by atoms with E-state index in [4.69, 9.17) is 11.6 Å². The fourth-order valence-electron chi connectivity index (χ4n) is 4.53. The van der Waals surface area contributed by atoms with E-state index < -0.39 is 29.2 Å². The predicted molar refractivity (Wildman–Crippen MR) is 146 cm³/mol. The molecule has 2 aromatic carbocycles. The Morgan fingerprint density at radius 3 is 2.41 bits per heavy atom. The van der Waals surface area contributed by atoms with Crippen molar-refractivity contribution in [1.29, 1.82) is 0 Å². The molecule has 2 aromatic rings. The van der Waals surface area contributed by atoms with Crippen LogP contribution in [0.25, 0.3) is 11.1 Å². The Morgan fingerprint density at radius 2 is 1.76 bits per heavy atom. The van der Waals surface area contributed by atoms with Crippen molar-refractivity contribution in [3.63, 3.8) is 0 Å². The SMILES string of the molecule is C=C=C(C)/C(F)=C\N=C(C)C(C)CCC1=C(C(C)c2ccc(C)c(F)c2F)C(=C)c2ccc(Cl)c(F)c21. The highest BCUT2D eigenvalue weighted by atomic mass is 35.5. The van der Waals surface area contributed by atoms with E-state index in [1.807, 2.05) is 6.92 Å². The lowest BCUT2D eigenvalue weighted by Gasteiger charge is -2.20. The molecule has 0 aliphatic heterocycles. The lowest BCUT2D eigenvalue weighted by Crippen LogP contribution is -2.08. The van der Waals surface area contributed by atoms with Crippen molar-refractivity contribution >= 4 is 28.5 Å². The van der Waals surface area contributed by atoms with Gasteiger partial charge in [0.15, 0.2) is 17.5 Å². The van der Waals surface area contributed by atoms with Crippen LogP contribution < -0.4 is 0 Å². The molecule has 6 heteroatoms. The van der Waals surface area contributed by atoms with Gasteiger partial charge in [0.05, 0.1) is 11.2 Å². The fraction of sp³-hybridized carbons (Fsp3) is 0.290. The first-order valence-corrected chi connectivity index (χ1v) is 12.4. The molecule has 0 saturated heterocycles. The summed E-state index contributed by atoms with van der Waals surface area (Å²) in [5, 5.41) is -0.0254. The van der Waals surface area contributed by atoms with Gasteiger partial charge in [-0.15, -0.1) is 5.73 Å². The number of nitrogens with zero attached hydrogens (tertiary/aromatic N) is 1. The number of allylic oxidation sites excluding steroid dienone is 5. The molecule has 0 spiro atoms. The molecule has 0 aromatic heterocycles. The van der Waals surface area contributed by atoms with Crippen molar-refractivity contribution in [1.82, 2.24) is 0 Å². The first-order valence-electron chi connectivity index (χ1n) is 12.0. The third kappa shape index (κ3) is 5.58. The predicted octanol–water partition coefficient (Wildman–Crippen LogP) is 10.1. The summed E-state index contributed by atoms with van der Waals surface area (Å²) in [6, 6.07) is 6.26. The average molecular weight is 528 g/mol. The Hall–Kier alpha value is -3.14. The standard InChI is InChI=1S/C31H30ClF4N/c1-8-16(2)26(33)15-37-21(7)17(3)9-12-24-27(19(5)22-13-14-25(32)31(36)28(22)24)20(6)23-11-10-18(4)29(34)30(23)35/h10-11,13-15,17,20H,1,5,9,12H2,2-4,6-7H3/b26-15+,37-21?. The van der Waals surface area contributed by atoms with Gasteiger partial charge in [-0.25, -0.2) is 17.6 Å². The van der Waals surface area contributed by atoms with Crippen LogP contribution in [0.2, 0.25) is 5.02 Å². The molecule has 0 radical (unpaired) electrons. The second-order valence-corrected chi connectivity index (χ2v) is 9.87. The number of halogens is 5. The smallest absolute Gasteiger partial charge is 0.162 e. The average Bonchev–Trinajstić information content (AvgIpc) is 3.16. The summed E-state index contributed by atoms with van der Waals surface area (Å²) in [4.78, 5) is 4.23. The van der Waals surface area contributed by atoms with Gasteiger partial charge in [-0.2, -0.15) is 0 Å². The lowest BCUT2D eigenvalue weighted by atomic mass is 9.85. The Balaban J connectivity index is 2.04. The van der Waals surface area contributed by atoms with E-state index in [9.17, 15) is 13.2 Å². The summed E-state index contributed by atoms with van der Waals surface area (Å²) >= 11 is 6.13. The van der Waals surface area contributed by atoms with Gasteiger partial charge in [-0.05, 0) is 79.0 Å². The van der Waals surface area contributed by atoms with Gasteiger partial charge in [0.2, 0.25) is 0 Å². The zero-order valence-corrected chi connectivity index (χ0v) is 22.5. The number of fused-ring (bicyclic) bond motifs is 1. The topological polar surface area (TPSA) is 12.4 Å². The van der Waals surface area contributed by atoms with Crippen molar-refractivity contribution in [3.8, 4) is 0 Å². The molecule has 1 nitrogen and oxygen atoms in total. The molecule has 194 valence electrons. The minimum atomic E-state index is -0.921. The van der Waals surface area contributed by atoms with Gasteiger partial charge in [-0.3, -0.25) is 4.99 Å². The molecule has 37 heavy (non-hydrogen) atoms. The van der Waals surface area contributed by atoms with E-state index in [2.05, 4.69) is 23.9 Å². The highest BCUT2D eigenvalue weighted by Gasteiger charge is 2.33. The third-order valence-corrected chi connectivity index (χ3v) is 7.41. The van der Waals surface area contributed by atoms with Gasteiger partial charge >= 0.3 is 0 Å². The molecule has 2 atom stereocenters. The van der Waals surface area contributed by atoms with Gasteiger partial charge in [0.25, 0.3) is 0 Å². The van der Waals surface area contributed by atoms with Crippen molar-refractivity contribution in [2.45, 2.75) is 53.4 Å². The van der Waals surface area contributed by atoms with Crippen LogP contribution in [-0.2, 0) is 0 Å². The van der Waals surface area contributed by atoms with E-state index >= 15 is 4.39 Å². The van der Waals surface area contributed by atoms with Crippen molar-refractivity contribution in [3.05, 3.63) is 111 Å². The van der Waals surface area contributed by atoms with Crippen LogP contribution in [-0.4, -0.2) is 5.71 Å². The monoisotopic (exact) mass is 527 g/mol. The largest absolute Gasteiger partial charge is 0.263 e. The highest BCUT2D eigenvalue weighted by Crippen LogP contribution is 2.50. The zero-order chi connectivity index (χ0) is 27.6. The molecule has 0 N–H and O–H groups in total. The van der Waals surface area contributed by atoms with Crippen LogP contribution in [0, 0.1) is 30.3 Å². The van der Waals surface area contributed by atoms with E-state index in [0.717, 1.165) is 6.20 Å². The summed E-state index contributed by atoms with van der Waals surface area (Å²) in [7, 11) is 0. The van der Waals surface area contributed by atoms with E-state index in [0.29, 0.717) is 46.4 Å². The third-order valence-electron chi connectivity index (χ3n) is 7.12. The van der Waals surface area contributed by atoms with Crippen LogP contribution in [0.5, 0.6) is 0 Å². The number of aliphatic imine (C=N–C) groups is 1. The highest BCUT2D eigenvalue weighted by molar-refractivity contribution is 6.31. The second kappa shape index (κ2) is 11.5.